The van der Waals surface area contributed by atoms with Crippen molar-refractivity contribution in [3.8, 4) is 0 Å². The molecule has 1 aromatic carbocycles. The van der Waals surface area contributed by atoms with E-state index in [9.17, 15) is 4.39 Å². The van der Waals surface area contributed by atoms with Crippen LogP contribution in [0, 0.1) is 5.82 Å². The summed E-state index contributed by atoms with van der Waals surface area (Å²) in [5, 5.41) is 3.81. The lowest BCUT2D eigenvalue weighted by Gasteiger charge is -2.07. The summed E-state index contributed by atoms with van der Waals surface area (Å²) in [7, 11) is 0. The van der Waals surface area contributed by atoms with Crippen molar-refractivity contribution in [1.82, 2.24) is 5.32 Å². The van der Waals surface area contributed by atoms with E-state index in [4.69, 9.17) is 23.2 Å². The first kappa shape index (κ1) is 13.8. The minimum Gasteiger partial charge on any atom is -0.313 e. The number of halogens is 3. The topological polar surface area (TPSA) is 12.0 Å². The van der Waals surface area contributed by atoms with E-state index >= 15 is 0 Å². The number of nitrogens with one attached hydrogen (secondary N) is 1. The molecule has 0 heterocycles. The Morgan fingerprint density at radius 1 is 1.44 bits per heavy atom. The maximum absolute atomic E-state index is 13.3. The van der Waals surface area contributed by atoms with Gasteiger partial charge in [0.25, 0.3) is 0 Å². The lowest BCUT2D eigenvalue weighted by atomic mass is 10.2. The van der Waals surface area contributed by atoms with Crippen molar-refractivity contribution >= 4 is 23.2 Å². The first-order chi connectivity index (χ1) is 7.59. The molecular weight excluding hydrogens is 248 g/mol. The number of hydrogen-bond donors (Lipinski definition) is 1. The highest BCUT2D eigenvalue weighted by Crippen LogP contribution is 2.14. The zero-order chi connectivity index (χ0) is 12.0. The molecule has 0 aliphatic carbocycles. The minimum absolute atomic E-state index is 0.203. The summed E-state index contributed by atoms with van der Waals surface area (Å²) in [6.07, 6.45) is 1.97. The molecule has 0 aliphatic heterocycles. The van der Waals surface area contributed by atoms with E-state index in [0.717, 1.165) is 19.4 Å². The minimum atomic E-state index is -0.259. The number of alkyl halides is 1. The van der Waals surface area contributed by atoms with Crippen molar-refractivity contribution in [1.29, 1.82) is 0 Å². The molecule has 4 heteroatoms. The number of benzene rings is 1. The maximum Gasteiger partial charge on any atom is 0.129 e. The zero-order valence-corrected chi connectivity index (χ0v) is 10.8. The van der Waals surface area contributed by atoms with Crippen LogP contribution in [0.4, 0.5) is 4.39 Å². The second-order valence-corrected chi connectivity index (χ2v) is 5.02. The van der Waals surface area contributed by atoms with Crippen LogP contribution in [0.25, 0.3) is 0 Å². The third kappa shape index (κ3) is 5.15. The van der Waals surface area contributed by atoms with Crippen LogP contribution in [-0.4, -0.2) is 11.9 Å². The monoisotopic (exact) mass is 263 g/mol. The number of hydrogen-bond acceptors (Lipinski definition) is 1. The Bertz CT molecular complexity index is 329. The Morgan fingerprint density at radius 3 is 2.81 bits per heavy atom. The fraction of sp³-hybridized carbons (Fsp3) is 0.500. The van der Waals surface area contributed by atoms with Crippen LogP contribution < -0.4 is 5.32 Å². The summed E-state index contributed by atoms with van der Waals surface area (Å²) in [5.41, 5.74) is 0.642. The van der Waals surface area contributed by atoms with Gasteiger partial charge in [0.15, 0.2) is 0 Å². The van der Waals surface area contributed by atoms with E-state index in [-0.39, 0.29) is 11.2 Å². The predicted molar refractivity (Wildman–Crippen MR) is 67.7 cm³/mol. The van der Waals surface area contributed by atoms with Gasteiger partial charge in [-0.05, 0) is 38.4 Å². The van der Waals surface area contributed by atoms with Crippen molar-refractivity contribution in [3.63, 3.8) is 0 Å². The van der Waals surface area contributed by atoms with Gasteiger partial charge in [-0.2, -0.15) is 0 Å². The molecule has 1 unspecified atom stereocenters. The highest BCUT2D eigenvalue weighted by atomic mass is 35.5. The second kappa shape index (κ2) is 7.10. The Balaban J connectivity index is 2.27. The van der Waals surface area contributed by atoms with Crippen LogP contribution >= 0.6 is 23.2 Å². The first-order valence-electron chi connectivity index (χ1n) is 5.38. The van der Waals surface area contributed by atoms with E-state index in [1.165, 1.54) is 6.07 Å². The van der Waals surface area contributed by atoms with E-state index < -0.39 is 0 Å². The smallest absolute Gasteiger partial charge is 0.129 e. The summed E-state index contributed by atoms with van der Waals surface area (Å²) in [4.78, 5) is 0. The molecule has 0 fully saturated rings. The highest BCUT2D eigenvalue weighted by molar-refractivity contribution is 6.30. The lowest BCUT2D eigenvalue weighted by Crippen LogP contribution is -2.16. The van der Waals surface area contributed by atoms with E-state index in [2.05, 4.69) is 5.32 Å². The van der Waals surface area contributed by atoms with Crippen LogP contribution in [-0.2, 0) is 6.54 Å². The van der Waals surface area contributed by atoms with E-state index in [0.29, 0.717) is 17.1 Å². The molecule has 0 spiro atoms. The summed E-state index contributed by atoms with van der Waals surface area (Å²) >= 11 is 11.5. The second-order valence-electron chi connectivity index (χ2n) is 3.84. The SMILES string of the molecule is CC(Cl)CCCNCc1ccc(Cl)cc1F. The van der Waals surface area contributed by atoms with Gasteiger partial charge in [0.2, 0.25) is 0 Å². The highest BCUT2D eigenvalue weighted by Gasteiger charge is 2.02. The molecular formula is C12H16Cl2FN. The molecule has 90 valence electrons. The van der Waals surface area contributed by atoms with Gasteiger partial charge in [-0.1, -0.05) is 17.7 Å². The zero-order valence-electron chi connectivity index (χ0n) is 9.27. The van der Waals surface area contributed by atoms with Crippen LogP contribution in [0.1, 0.15) is 25.3 Å². The molecule has 1 N–H and O–H groups in total. The fourth-order valence-electron chi connectivity index (χ4n) is 1.40. The van der Waals surface area contributed by atoms with Crippen LogP contribution in [0.2, 0.25) is 5.02 Å². The molecule has 0 saturated carbocycles. The van der Waals surface area contributed by atoms with Gasteiger partial charge < -0.3 is 5.32 Å². The molecule has 0 amide bonds. The quantitative estimate of drug-likeness (QED) is 0.605. The van der Waals surface area contributed by atoms with Crippen molar-refractivity contribution < 1.29 is 4.39 Å². The normalized spacial score (nSPS) is 12.8. The molecule has 0 bridgehead atoms. The third-order valence-electron chi connectivity index (χ3n) is 2.29. The van der Waals surface area contributed by atoms with Crippen LogP contribution in [0.3, 0.4) is 0 Å². The standard InChI is InChI=1S/C12H16Cl2FN/c1-9(13)3-2-6-16-8-10-4-5-11(14)7-12(10)15/h4-5,7,9,16H,2-3,6,8H2,1H3. The van der Waals surface area contributed by atoms with Crippen molar-refractivity contribution in [2.45, 2.75) is 31.7 Å². The summed E-state index contributed by atoms with van der Waals surface area (Å²) in [6, 6.07) is 4.73. The molecule has 0 aromatic heterocycles. The van der Waals surface area contributed by atoms with Crippen molar-refractivity contribution in [2.24, 2.45) is 0 Å². The molecule has 0 aliphatic rings. The third-order valence-corrected chi connectivity index (χ3v) is 2.74. The lowest BCUT2D eigenvalue weighted by molar-refractivity contribution is 0.574. The molecule has 1 atom stereocenters. The van der Waals surface area contributed by atoms with Crippen molar-refractivity contribution in [3.05, 3.63) is 34.6 Å². The maximum atomic E-state index is 13.3. The van der Waals surface area contributed by atoms with Gasteiger partial charge >= 0.3 is 0 Å². The van der Waals surface area contributed by atoms with Crippen molar-refractivity contribution in [2.75, 3.05) is 6.54 Å². The predicted octanol–water partition coefficient (Wildman–Crippen LogP) is 3.98. The molecule has 0 radical (unpaired) electrons. The summed E-state index contributed by atoms with van der Waals surface area (Å²) in [6.45, 7) is 3.35. The van der Waals surface area contributed by atoms with Gasteiger partial charge in [-0.25, -0.2) is 4.39 Å². The average Bonchev–Trinajstić information content (AvgIpc) is 2.20. The Labute approximate surface area is 106 Å². The number of rotatable bonds is 6. The summed E-state index contributed by atoms with van der Waals surface area (Å²) < 4.78 is 13.3. The van der Waals surface area contributed by atoms with Crippen LogP contribution in [0.5, 0.6) is 0 Å². The fourth-order valence-corrected chi connectivity index (χ4v) is 1.71. The molecule has 1 rings (SSSR count). The average molecular weight is 264 g/mol. The van der Waals surface area contributed by atoms with E-state index in [1.807, 2.05) is 6.92 Å². The molecule has 0 saturated heterocycles. The Kier molecular flexibility index (Phi) is 6.10. The van der Waals surface area contributed by atoms with Gasteiger partial charge in [0.05, 0.1) is 0 Å². The largest absolute Gasteiger partial charge is 0.313 e. The van der Waals surface area contributed by atoms with E-state index in [1.54, 1.807) is 12.1 Å². The van der Waals surface area contributed by atoms with Crippen LogP contribution in [0.15, 0.2) is 18.2 Å². The first-order valence-corrected chi connectivity index (χ1v) is 6.19. The Morgan fingerprint density at radius 2 is 2.19 bits per heavy atom. The summed E-state index contributed by atoms with van der Waals surface area (Å²) in [5.74, 6) is -0.259. The van der Waals surface area contributed by atoms with Gasteiger partial charge in [0.1, 0.15) is 5.82 Å². The molecule has 1 aromatic rings. The van der Waals surface area contributed by atoms with Gasteiger partial charge in [0, 0.05) is 22.5 Å². The van der Waals surface area contributed by atoms with Gasteiger partial charge in [-0.3, -0.25) is 0 Å². The molecule has 1 nitrogen and oxygen atoms in total. The Hall–Kier alpha value is -0.310. The molecule has 16 heavy (non-hydrogen) atoms. The van der Waals surface area contributed by atoms with Gasteiger partial charge in [-0.15, -0.1) is 11.6 Å².